The molecular formula is C16H25NO2. The molecule has 0 aliphatic carbocycles. The largest absolute Gasteiger partial charge is 0.394 e. The Morgan fingerprint density at radius 1 is 1.42 bits per heavy atom. The molecule has 0 spiro atoms. The fourth-order valence-corrected chi connectivity index (χ4v) is 2.65. The lowest BCUT2D eigenvalue weighted by Crippen LogP contribution is -2.49. The molecule has 1 fully saturated rings. The molecule has 1 aromatic carbocycles. The SMILES string of the molecule is Cc1cccc(CCCN2CC(CO)OCC2C)c1. The Morgan fingerprint density at radius 3 is 3.00 bits per heavy atom. The van der Waals surface area contributed by atoms with E-state index >= 15 is 0 Å². The lowest BCUT2D eigenvalue weighted by molar-refractivity contribution is -0.0778. The Morgan fingerprint density at radius 2 is 2.26 bits per heavy atom. The predicted molar refractivity (Wildman–Crippen MR) is 77.4 cm³/mol. The number of aliphatic hydroxyl groups excluding tert-OH is 1. The standard InChI is InChI=1S/C16H25NO2/c1-13-5-3-6-15(9-13)7-4-8-17-10-16(11-18)19-12-14(17)2/h3,5-6,9,14,16,18H,4,7-8,10-12H2,1-2H3. The van der Waals surface area contributed by atoms with Gasteiger partial charge in [-0.15, -0.1) is 0 Å². The molecule has 2 atom stereocenters. The lowest BCUT2D eigenvalue weighted by Gasteiger charge is -2.37. The number of ether oxygens (including phenoxy) is 1. The van der Waals surface area contributed by atoms with Crippen LogP contribution in [-0.4, -0.2) is 48.5 Å². The summed E-state index contributed by atoms with van der Waals surface area (Å²) >= 11 is 0. The molecule has 3 nitrogen and oxygen atoms in total. The molecule has 0 saturated carbocycles. The third kappa shape index (κ3) is 4.30. The van der Waals surface area contributed by atoms with E-state index in [1.807, 2.05) is 0 Å². The number of nitrogens with zero attached hydrogens (tertiary/aromatic N) is 1. The second kappa shape index (κ2) is 7.04. The van der Waals surface area contributed by atoms with Gasteiger partial charge in [0.2, 0.25) is 0 Å². The number of rotatable bonds is 5. The number of hydrogen-bond acceptors (Lipinski definition) is 3. The summed E-state index contributed by atoms with van der Waals surface area (Å²) in [7, 11) is 0. The van der Waals surface area contributed by atoms with Crippen LogP contribution < -0.4 is 0 Å². The minimum atomic E-state index is -0.00447. The summed E-state index contributed by atoms with van der Waals surface area (Å²) in [6, 6.07) is 9.19. The van der Waals surface area contributed by atoms with Crippen LogP contribution in [0.1, 0.15) is 24.5 Å². The molecule has 0 bridgehead atoms. The highest BCUT2D eigenvalue weighted by Crippen LogP contribution is 2.13. The summed E-state index contributed by atoms with van der Waals surface area (Å²) in [5, 5.41) is 9.18. The molecule has 3 heteroatoms. The van der Waals surface area contributed by atoms with Gasteiger partial charge in [0.15, 0.2) is 0 Å². The Kier molecular flexibility index (Phi) is 5.37. The van der Waals surface area contributed by atoms with Gasteiger partial charge in [0.05, 0.1) is 19.3 Å². The maximum atomic E-state index is 9.18. The fraction of sp³-hybridized carbons (Fsp3) is 0.625. The van der Waals surface area contributed by atoms with Crippen LogP contribution in [0.4, 0.5) is 0 Å². The van der Waals surface area contributed by atoms with Gasteiger partial charge < -0.3 is 9.84 Å². The molecule has 0 amide bonds. The van der Waals surface area contributed by atoms with Gasteiger partial charge in [-0.3, -0.25) is 4.90 Å². The van der Waals surface area contributed by atoms with E-state index in [0.29, 0.717) is 6.04 Å². The second-order valence-electron chi connectivity index (χ2n) is 5.57. The van der Waals surface area contributed by atoms with E-state index in [4.69, 9.17) is 4.74 Å². The quantitative estimate of drug-likeness (QED) is 0.882. The molecule has 0 aromatic heterocycles. The molecule has 2 rings (SSSR count). The first kappa shape index (κ1) is 14.5. The first-order valence-corrected chi connectivity index (χ1v) is 7.21. The van der Waals surface area contributed by atoms with Crippen LogP contribution in [0.5, 0.6) is 0 Å². The van der Waals surface area contributed by atoms with Gasteiger partial charge in [-0.25, -0.2) is 0 Å². The van der Waals surface area contributed by atoms with Crippen molar-refractivity contribution < 1.29 is 9.84 Å². The van der Waals surface area contributed by atoms with E-state index < -0.39 is 0 Å². The van der Waals surface area contributed by atoms with Crippen molar-refractivity contribution in [3.63, 3.8) is 0 Å². The number of hydrogen-bond donors (Lipinski definition) is 1. The maximum absolute atomic E-state index is 9.18. The Hall–Kier alpha value is -0.900. The molecule has 1 heterocycles. The highest BCUT2D eigenvalue weighted by molar-refractivity contribution is 5.22. The zero-order valence-corrected chi connectivity index (χ0v) is 12.0. The summed E-state index contributed by atoms with van der Waals surface area (Å²) in [5.41, 5.74) is 2.75. The van der Waals surface area contributed by atoms with Crippen LogP contribution in [0.25, 0.3) is 0 Å². The van der Waals surface area contributed by atoms with Crippen molar-refractivity contribution >= 4 is 0 Å². The average molecular weight is 263 g/mol. The minimum absolute atomic E-state index is 0.00447. The van der Waals surface area contributed by atoms with Gasteiger partial charge in [0.1, 0.15) is 0 Å². The molecule has 1 aromatic rings. The van der Waals surface area contributed by atoms with Gasteiger partial charge in [-0.05, 0) is 38.8 Å². The third-order valence-electron chi connectivity index (χ3n) is 3.83. The molecule has 0 radical (unpaired) electrons. The van der Waals surface area contributed by atoms with Crippen LogP contribution in [0, 0.1) is 6.92 Å². The summed E-state index contributed by atoms with van der Waals surface area (Å²) in [6.45, 7) is 7.12. The Bertz CT molecular complexity index is 394. The molecule has 1 N–H and O–H groups in total. The van der Waals surface area contributed by atoms with E-state index in [9.17, 15) is 5.11 Å². The Balaban J connectivity index is 1.78. The topological polar surface area (TPSA) is 32.7 Å². The normalized spacial score (nSPS) is 24.6. The predicted octanol–water partition coefficient (Wildman–Crippen LogP) is 2.01. The number of benzene rings is 1. The monoisotopic (exact) mass is 263 g/mol. The fourth-order valence-electron chi connectivity index (χ4n) is 2.65. The van der Waals surface area contributed by atoms with E-state index in [1.165, 1.54) is 11.1 Å². The number of aryl methyl sites for hydroxylation is 2. The summed E-state index contributed by atoms with van der Waals surface area (Å²) < 4.78 is 5.56. The molecule has 1 aliphatic heterocycles. The lowest BCUT2D eigenvalue weighted by atomic mass is 10.1. The minimum Gasteiger partial charge on any atom is -0.394 e. The summed E-state index contributed by atoms with van der Waals surface area (Å²) in [6.07, 6.45) is 2.27. The molecule has 1 aliphatic rings. The average Bonchev–Trinajstić information content (AvgIpc) is 2.41. The van der Waals surface area contributed by atoms with Crippen molar-refractivity contribution in [2.45, 2.75) is 38.8 Å². The molecule has 106 valence electrons. The van der Waals surface area contributed by atoms with Crippen LogP contribution in [-0.2, 0) is 11.2 Å². The van der Waals surface area contributed by atoms with Gasteiger partial charge in [0.25, 0.3) is 0 Å². The van der Waals surface area contributed by atoms with Crippen LogP contribution in [0.3, 0.4) is 0 Å². The first-order valence-electron chi connectivity index (χ1n) is 7.21. The van der Waals surface area contributed by atoms with Gasteiger partial charge in [0, 0.05) is 12.6 Å². The van der Waals surface area contributed by atoms with Gasteiger partial charge >= 0.3 is 0 Å². The smallest absolute Gasteiger partial charge is 0.0933 e. The van der Waals surface area contributed by atoms with Gasteiger partial charge in [-0.2, -0.15) is 0 Å². The first-order chi connectivity index (χ1) is 9.19. The van der Waals surface area contributed by atoms with Crippen molar-refractivity contribution in [1.82, 2.24) is 4.90 Å². The molecule has 19 heavy (non-hydrogen) atoms. The zero-order valence-electron chi connectivity index (χ0n) is 12.0. The van der Waals surface area contributed by atoms with Crippen LogP contribution in [0.2, 0.25) is 0 Å². The van der Waals surface area contributed by atoms with Crippen molar-refractivity contribution in [2.24, 2.45) is 0 Å². The number of morpholine rings is 1. The summed E-state index contributed by atoms with van der Waals surface area (Å²) in [5.74, 6) is 0. The maximum Gasteiger partial charge on any atom is 0.0933 e. The third-order valence-corrected chi connectivity index (χ3v) is 3.83. The second-order valence-corrected chi connectivity index (χ2v) is 5.57. The van der Waals surface area contributed by atoms with Crippen LogP contribution in [0.15, 0.2) is 24.3 Å². The molecular weight excluding hydrogens is 238 g/mol. The Labute approximate surface area is 116 Å². The van der Waals surface area contributed by atoms with E-state index in [-0.39, 0.29) is 12.7 Å². The van der Waals surface area contributed by atoms with Crippen molar-refractivity contribution in [2.75, 3.05) is 26.3 Å². The number of aliphatic hydroxyl groups is 1. The highest BCUT2D eigenvalue weighted by Gasteiger charge is 2.24. The van der Waals surface area contributed by atoms with E-state index in [0.717, 1.165) is 32.5 Å². The molecule has 2 unspecified atom stereocenters. The van der Waals surface area contributed by atoms with Gasteiger partial charge in [-0.1, -0.05) is 29.8 Å². The highest BCUT2D eigenvalue weighted by atomic mass is 16.5. The zero-order chi connectivity index (χ0) is 13.7. The van der Waals surface area contributed by atoms with Crippen LogP contribution >= 0.6 is 0 Å². The van der Waals surface area contributed by atoms with E-state index in [2.05, 4.69) is 43.0 Å². The molecule has 1 saturated heterocycles. The van der Waals surface area contributed by atoms with Crippen molar-refractivity contribution in [3.8, 4) is 0 Å². The van der Waals surface area contributed by atoms with Crippen molar-refractivity contribution in [1.29, 1.82) is 0 Å². The summed E-state index contributed by atoms with van der Waals surface area (Å²) in [4.78, 5) is 2.43. The van der Waals surface area contributed by atoms with E-state index in [1.54, 1.807) is 0 Å². The van der Waals surface area contributed by atoms with Crippen molar-refractivity contribution in [3.05, 3.63) is 35.4 Å².